The molecule has 1 rings (SSSR count). The lowest BCUT2D eigenvalue weighted by Gasteiger charge is -2.13. The largest absolute Gasteiger partial charge is 0.482 e. The van der Waals surface area contributed by atoms with Gasteiger partial charge >= 0.3 is 6.18 Å². The second kappa shape index (κ2) is 6.63. The van der Waals surface area contributed by atoms with Crippen LogP contribution in [0, 0.1) is 0 Å². The fraction of sp³-hybridized carbons (Fsp3) is 0.364. The number of nitrogens with one attached hydrogen (secondary N) is 1. The van der Waals surface area contributed by atoms with E-state index in [0.717, 1.165) is 0 Å². The summed E-state index contributed by atoms with van der Waals surface area (Å²) in [5, 5.41) is 2.96. The molecule has 0 unspecified atom stereocenters. The van der Waals surface area contributed by atoms with E-state index in [1.54, 1.807) is 6.07 Å². The Morgan fingerprint density at radius 1 is 1.33 bits per heavy atom. The Kier molecular flexibility index (Phi) is 5.46. The number of anilines is 1. The van der Waals surface area contributed by atoms with Crippen LogP contribution in [0.4, 0.5) is 18.9 Å². The highest BCUT2D eigenvalue weighted by molar-refractivity contribution is 9.09. The quantitative estimate of drug-likeness (QED) is 0.843. The second-order valence-corrected chi connectivity index (χ2v) is 4.18. The topological polar surface area (TPSA) is 38.3 Å². The van der Waals surface area contributed by atoms with Crippen LogP contribution in [0.15, 0.2) is 24.3 Å². The Morgan fingerprint density at radius 3 is 2.61 bits per heavy atom. The first-order chi connectivity index (χ1) is 8.42. The van der Waals surface area contributed by atoms with Gasteiger partial charge in [-0.25, -0.2) is 0 Å². The van der Waals surface area contributed by atoms with Gasteiger partial charge in [0.05, 0.1) is 5.69 Å². The van der Waals surface area contributed by atoms with Crippen LogP contribution in [0.25, 0.3) is 0 Å². The number of carbonyl (C=O) groups is 1. The van der Waals surface area contributed by atoms with E-state index in [1.165, 1.54) is 18.2 Å². The fourth-order valence-corrected chi connectivity index (χ4v) is 1.51. The molecule has 0 saturated heterocycles. The Labute approximate surface area is 110 Å². The first kappa shape index (κ1) is 14.8. The molecule has 0 aliphatic carbocycles. The predicted octanol–water partition coefficient (Wildman–Crippen LogP) is 3.35. The molecule has 0 atom stereocenters. The number of rotatable bonds is 5. The predicted molar refractivity (Wildman–Crippen MR) is 65.0 cm³/mol. The van der Waals surface area contributed by atoms with Crippen molar-refractivity contribution in [2.24, 2.45) is 0 Å². The number of carbonyl (C=O) groups excluding carboxylic acids is 1. The van der Waals surface area contributed by atoms with Crippen molar-refractivity contribution in [2.75, 3.05) is 17.3 Å². The van der Waals surface area contributed by atoms with Crippen molar-refractivity contribution in [3.8, 4) is 5.75 Å². The summed E-state index contributed by atoms with van der Waals surface area (Å²) in [6, 6.07) is 5.99. The molecule has 3 nitrogen and oxygen atoms in total. The number of para-hydroxylation sites is 2. The molecular formula is C11H11BrF3NO2. The third-order valence-corrected chi connectivity index (χ3v) is 2.27. The molecule has 0 bridgehead atoms. The van der Waals surface area contributed by atoms with Gasteiger partial charge in [-0.1, -0.05) is 28.1 Å². The molecule has 7 heteroatoms. The summed E-state index contributed by atoms with van der Waals surface area (Å²) in [4.78, 5) is 11.3. The van der Waals surface area contributed by atoms with Crippen LogP contribution in [0.2, 0.25) is 0 Å². The summed E-state index contributed by atoms with van der Waals surface area (Å²) in [5.41, 5.74) is 0.229. The molecule has 0 radical (unpaired) electrons. The van der Waals surface area contributed by atoms with Gasteiger partial charge in [-0.05, 0) is 12.1 Å². The van der Waals surface area contributed by atoms with Crippen LogP contribution in [0.3, 0.4) is 0 Å². The summed E-state index contributed by atoms with van der Waals surface area (Å²) in [6.07, 6.45) is -4.18. The van der Waals surface area contributed by atoms with Crippen molar-refractivity contribution in [1.29, 1.82) is 0 Å². The van der Waals surface area contributed by atoms with Gasteiger partial charge in [-0.2, -0.15) is 13.2 Å². The van der Waals surface area contributed by atoms with E-state index < -0.39 is 12.8 Å². The van der Waals surface area contributed by atoms with Gasteiger partial charge in [0.25, 0.3) is 0 Å². The number of alkyl halides is 4. The standard InChI is InChI=1S/C11H11BrF3NO2/c12-6-5-10(17)16-8-3-1-2-4-9(8)18-7-11(13,14)15/h1-4H,5-7H2,(H,16,17). The highest BCUT2D eigenvalue weighted by Gasteiger charge is 2.28. The molecule has 0 spiro atoms. The zero-order valence-corrected chi connectivity index (χ0v) is 10.8. The molecule has 0 saturated carbocycles. The number of halogens is 4. The molecule has 1 aromatic rings. The van der Waals surface area contributed by atoms with Crippen molar-refractivity contribution in [1.82, 2.24) is 0 Å². The zero-order valence-electron chi connectivity index (χ0n) is 9.26. The maximum atomic E-state index is 12.0. The van der Waals surface area contributed by atoms with Crippen molar-refractivity contribution in [2.45, 2.75) is 12.6 Å². The van der Waals surface area contributed by atoms with Crippen molar-refractivity contribution in [3.05, 3.63) is 24.3 Å². The van der Waals surface area contributed by atoms with Crippen molar-refractivity contribution >= 4 is 27.5 Å². The molecule has 0 fully saturated rings. The van der Waals surface area contributed by atoms with Gasteiger partial charge in [-0.15, -0.1) is 0 Å². The lowest BCUT2D eigenvalue weighted by molar-refractivity contribution is -0.153. The molecule has 1 aromatic carbocycles. The Hall–Kier alpha value is -1.24. The lowest BCUT2D eigenvalue weighted by atomic mass is 10.3. The van der Waals surface area contributed by atoms with E-state index in [9.17, 15) is 18.0 Å². The Morgan fingerprint density at radius 2 is 2.00 bits per heavy atom. The number of amides is 1. The summed E-state index contributed by atoms with van der Waals surface area (Å²) in [5.74, 6) is -0.298. The molecular weight excluding hydrogens is 315 g/mol. The van der Waals surface area contributed by atoms with Gasteiger partial charge in [0.2, 0.25) is 5.91 Å². The van der Waals surface area contributed by atoms with E-state index in [2.05, 4.69) is 26.0 Å². The van der Waals surface area contributed by atoms with Crippen LogP contribution < -0.4 is 10.1 Å². The van der Waals surface area contributed by atoms with E-state index in [0.29, 0.717) is 5.33 Å². The third-order valence-electron chi connectivity index (χ3n) is 1.87. The monoisotopic (exact) mass is 325 g/mol. The first-order valence-corrected chi connectivity index (χ1v) is 6.19. The summed E-state index contributed by atoms with van der Waals surface area (Å²) >= 11 is 3.10. The first-order valence-electron chi connectivity index (χ1n) is 5.07. The van der Waals surface area contributed by atoms with E-state index in [1.807, 2.05) is 0 Å². The molecule has 18 heavy (non-hydrogen) atoms. The van der Waals surface area contributed by atoms with E-state index in [4.69, 9.17) is 0 Å². The lowest BCUT2D eigenvalue weighted by Crippen LogP contribution is -2.20. The number of benzene rings is 1. The molecule has 1 N–H and O–H groups in total. The normalized spacial score (nSPS) is 11.1. The molecule has 0 heterocycles. The minimum Gasteiger partial charge on any atom is -0.482 e. The van der Waals surface area contributed by atoms with E-state index >= 15 is 0 Å². The average molecular weight is 326 g/mol. The minimum atomic E-state index is -4.41. The molecule has 100 valence electrons. The molecule has 1 amide bonds. The van der Waals surface area contributed by atoms with Gasteiger partial charge in [-0.3, -0.25) is 4.79 Å². The minimum absolute atomic E-state index is 0.00209. The third kappa shape index (κ3) is 5.39. The Balaban J connectivity index is 2.70. The van der Waals surface area contributed by atoms with Crippen molar-refractivity contribution in [3.63, 3.8) is 0 Å². The maximum absolute atomic E-state index is 12.0. The van der Waals surface area contributed by atoms with Crippen molar-refractivity contribution < 1.29 is 22.7 Å². The van der Waals surface area contributed by atoms with Crippen LogP contribution in [-0.2, 0) is 4.79 Å². The summed E-state index contributed by atoms with van der Waals surface area (Å²) in [6.45, 7) is -1.39. The molecule has 0 aromatic heterocycles. The van der Waals surface area contributed by atoms with E-state index in [-0.39, 0.29) is 23.8 Å². The van der Waals surface area contributed by atoms with Gasteiger partial charge < -0.3 is 10.1 Å². The van der Waals surface area contributed by atoms with Crippen LogP contribution in [-0.4, -0.2) is 24.0 Å². The zero-order chi connectivity index (χ0) is 13.6. The second-order valence-electron chi connectivity index (χ2n) is 3.39. The smallest absolute Gasteiger partial charge is 0.422 e. The molecule has 0 aliphatic rings. The van der Waals surface area contributed by atoms with Crippen LogP contribution in [0.1, 0.15) is 6.42 Å². The number of ether oxygens (including phenoxy) is 1. The van der Waals surface area contributed by atoms with Crippen LogP contribution in [0.5, 0.6) is 5.75 Å². The molecule has 0 aliphatic heterocycles. The van der Waals surface area contributed by atoms with Gasteiger partial charge in [0, 0.05) is 11.8 Å². The number of hydrogen-bond donors (Lipinski definition) is 1. The summed E-state index contributed by atoms with van der Waals surface area (Å²) in [7, 11) is 0. The average Bonchev–Trinajstić information content (AvgIpc) is 2.27. The SMILES string of the molecule is O=C(CCBr)Nc1ccccc1OCC(F)(F)F. The Bertz CT molecular complexity index is 410. The summed E-state index contributed by atoms with van der Waals surface area (Å²) < 4.78 is 40.7. The maximum Gasteiger partial charge on any atom is 0.422 e. The highest BCUT2D eigenvalue weighted by atomic mass is 79.9. The fourth-order valence-electron chi connectivity index (χ4n) is 1.15. The highest BCUT2D eigenvalue weighted by Crippen LogP contribution is 2.26. The van der Waals surface area contributed by atoms with Crippen LogP contribution >= 0.6 is 15.9 Å². The van der Waals surface area contributed by atoms with Gasteiger partial charge in [0.15, 0.2) is 6.61 Å². The van der Waals surface area contributed by atoms with Gasteiger partial charge in [0.1, 0.15) is 5.75 Å². The number of hydrogen-bond acceptors (Lipinski definition) is 2.